The first-order chi connectivity index (χ1) is 7.70. The summed E-state index contributed by atoms with van der Waals surface area (Å²) in [6.07, 6.45) is 2.80. The molecule has 0 radical (unpaired) electrons. The summed E-state index contributed by atoms with van der Waals surface area (Å²) in [6, 6.07) is 7.12. The molecule has 3 nitrogen and oxygen atoms in total. The smallest absolute Gasteiger partial charge is 0.306 e. The number of ether oxygens (including phenoxy) is 1. The molecular weight excluding hydrogens is 204 g/mol. The number of phenols is 1. The zero-order valence-corrected chi connectivity index (χ0v) is 9.35. The molecule has 3 heteroatoms. The van der Waals surface area contributed by atoms with E-state index in [4.69, 9.17) is 4.74 Å². The number of hydrogen-bond acceptors (Lipinski definition) is 3. The van der Waals surface area contributed by atoms with E-state index in [2.05, 4.69) is 0 Å². The van der Waals surface area contributed by atoms with Crippen LogP contribution in [0.3, 0.4) is 0 Å². The molecule has 0 aromatic heterocycles. The van der Waals surface area contributed by atoms with Crippen LogP contribution in [-0.4, -0.2) is 18.2 Å². The number of carbonyl (C=O) groups is 1. The minimum atomic E-state index is -0.162. The average Bonchev–Trinajstić information content (AvgIpc) is 3.11. The van der Waals surface area contributed by atoms with Crippen LogP contribution in [0, 0.1) is 5.92 Å². The fourth-order valence-electron chi connectivity index (χ4n) is 2.04. The maximum absolute atomic E-state index is 11.3. The van der Waals surface area contributed by atoms with E-state index in [0.29, 0.717) is 12.3 Å². The van der Waals surface area contributed by atoms with Gasteiger partial charge in [-0.2, -0.15) is 0 Å². The van der Waals surface area contributed by atoms with Crippen molar-refractivity contribution in [3.8, 4) is 5.75 Å². The highest BCUT2D eigenvalue weighted by molar-refractivity contribution is 5.70. The molecule has 1 atom stereocenters. The third-order valence-corrected chi connectivity index (χ3v) is 3.13. The Hall–Kier alpha value is -1.51. The zero-order chi connectivity index (χ0) is 11.5. The van der Waals surface area contributed by atoms with E-state index >= 15 is 0 Å². The van der Waals surface area contributed by atoms with Crippen molar-refractivity contribution in [2.24, 2.45) is 5.92 Å². The van der Waals surface area contributed by atoms with Gasteiger partial charge in [0, 0.05) is 0 Å². The van der Waals surface area contributed by atoms with Crippen LogP contribution in [0.5, 0.6) is 5.75 Å². The van der Waals surface area contributed by atoms with Gasteiger partial charge in [0.05, 0.1) is 13.5 Å². The Labute approximate surface area is 95.0 Å². The quantitative estimate of drug-likeness (QED) is 0.793. The molecule has 1 aliphatic carbocycles. The first-order valence-corrected chi connectivity index (χ1v) is 5.56. The first-order valence-electron chi connectivity index (χ1n) is 5.56. The van der Waals surface area contributed by atoms with E-state index in [1.807, 2.05) is 12.1 Å². The van der Waals surface area contributed by atoms with Crippen molar-refractivity contribution in [1.29, 1.82) is 0 Å². The average molecular weight is 220 g/mol. The van der Waals surface area contributed by atoms with Crippen LogP contribution in [0.15, 0.2) is 24.3 Å². The minimum absolute atomic E-state index is 0.162. The predicted molar refractivity (Wildman–Crippen MR) is 60.2 cm³/mol. The molecule has 0 bridgehead atoms. The van der Waals surface area contributed by atoms with Crippen LogP contribution in [0.25, 0.3) is 0 Å². The van der Waals surface area contributed by atoms with Gasteiger partial charge in [0.15, 0.2) is 0 Å². The van der Waals surface area contributed by atoms with Crippen molar-refractivity contribution in [2.45, 2.75) is 25.2 Å². The Kier molecular flexibility index (Phi) is 3.13. The van der Waals surface area contributed by atoms with Crippen LogP contribution in [-0.2, 0) is 9.53 Å². The highest BCUT2D eigenvalue weighted by Gasteiger charge is 2.33. The number of phenolic OH excluding ortho intramolecular Hbond substituents is 1. The normalized spacial score (nSPS) is 16.8. The highest BCUT2D eigenvalue weighted by atomic mass is 16.5. The van der Waals surface area contributed by atoms with Crippen LogP contribution < -0.4 is 0 Å². The number of esters is 1. The molecule has 1 aromatic rings. The first kappa shape index (κ1) is 11.0. The fraction of sp³-hybridized carbons (Fsp3) is 0.462. The second kappa shape index (κ2) is 4.56. The second-order valence-corrected chi connectivity index (χ2v) is 4.32. The molecule has 1 N–H and O–H groups in total. The van der Waals surface area contributed by atoms with Gasteiger partial charge in [-0.3, -0.25) is 4.79 Å². The molecule has 1 aromatic carbocycles. The summed E-state index contributed by atoms with van der Waals surface area (Å²) >= 11 is 0. The summed E-state index contributed by atoms with van der Waals surface area (Å²) in [4.78, 5) is 11.3. The van der Waals surface area contributed by atoms with Gasteiger partial charge in [0.1, 0.15) is 5.75 Å². The van der Waals surface area contributed by atoms with E-state index < -0.39 is 0 Å². The molecule has 0 spiro atoms. The summed E-state index contributed by atoms with van der Waals surface area (Å²) < 4.78 is 4.72. The fourth-order valence-corrected chi connectivity index (χ4v) is 2.04. The number of aromatic hydroxyl groups is 1. The SMILES string of the molecule is COC(=O)CC(c1ccc(O)cc1)C1CC1. The van der Waals surface area contributed by atoms with Crippen molar-refractivity contribution < 1.29 is 14.6 Å². The van der Waals surface area contributed by atoms with Crippen LogP contribution >= 0.6 is 0 Å². The minimum Gasteiger partial charge on any atom is -0.508 e. The van der Waals surface area contributed by atoms with E-state index in [1.165, 1.54) is 20.0 Å². The highest BCUT2D eigenvalue weighted by Crippen LogP contribution is 2.44. The van der Waals surface area contributed by atoms with E-state index in [9.17, 15) is 9.90 Å². The standard InChI is InChI=1S/C13H16O3/c1-16-13(15)8-12(9-2-3-9)10-4-6-11(14)7-5-10/h4-7,9,12,14H,2-3,8H2,1H3. The van der Waals surface area contributed by atoms with E-state index in [-0.39, 0.29) is 17.6 Å². The Morgan fingerprint density at radius 1 is 1.44 bits per heavy atom. The summed E-state index contributed by atoms with van der Waals surface area (Å²) in [5.74, 6) is 0.943. The molecular formula is C13H16O3. The maximum atomic E-state index is 11.3. The zero-order valence-electron chi connectivity index (χ0n) is 9.35. The lowest BCUT2D eigenvalue weighted by Gasteiger charge is -2.15. The molecule has 2 rings (SSSR count). The van der Waals surface area contributed by atoms with Gasteiger partial charge in [0.2, 0.25) is 0 Å². The summed E-state index contributed by atoms with van der Waals surface area (Å²) in [6.45, 7) is 0. The maximum Gasteiger partial charge on any atom is 0.306 e. The predicted octanol–water partition coefficient (Wildman–Crippen LogP) is 2.45. The lowest BCUT2D eigenvalue weighted by Crippen LogP contribution is -2.10. The van der Waals surface area contributed by atoms with Crippen molar-refractivity contribution in [2.75, 3.05) is 7.11 Å². The molecule has 86 valence electrons. The van der Waals surface area contributed by atoms with Crippen molar-refractivity contribution in [3.63, 3.8) is 0 Å². The van der Waals surface area contributed by atoms with Crippen LogP contribution in [0.4, 0.5) is 0 Å². The lowest BCUT2D eigenvalue weighted by atomic mass is 9.91. The molecule has 1 aliphatic rings. The van der Waals surface area contributed by atoms with Gasteiger partial charge in [0.25, 0.3) is 0 Å². The van der Waals surface area contributed by atoms with Gasteiger partial charge in [-0.1, -0.05) is 12.1 Å². The van der Waals surface area contributed by atoms with Crippen LogP contribution in [0.2, 0.25) is 0 Å². The Bertz CT molecular complexity index is 365. The van der Waals surface area contributed by atoms with Gasteiger partial charge in [-0.15, -0.1) is 0 Å². The van der Waals surface area contributed by atoms with E-state index in [1.54, 1.807) is 12.1 Å². The third-order valence-electron chi connectivity index (χ3n) is 3.13. The molecule has 16 heavy (non-hydrogen) atoms. The topological polar surface area (TPSA) is 46.5 Å². The second-order valence-electron chi connectivity index (χ2n) is 4.32. The lowest BCUT2D eigenvalue weighted by molar-refractivity contribution is -0.141. The van der Waals surface area contributed by atoms with Crippen molar-refractivity contribution in [3.05, 3.63) is 29.8 Å². The Balaban J connectivity index is 2.12. The largest absolute Gasteiger partial charge is 0.508 e. The molecule has 0 aliphatic heterocycles. The van der Waals surface area contributed by atoms with Gasteiger partial charge in [-0.05, 0) is 42.4 Å². The molecule has 1 saturated carbocycles. The van der Waals surface area contributed by atoms with Gasteiger partial charge >= 0.3 is 5.97 Å². The number of hydrogen-bond donors (Lipinski definition) is 1. The molecule has 1 fully saturated rings. The Morgan fingerprint density at radius 3 is 2.56 bits per heavy atom. The third kappa shape index (κ3) is 2.54. The molecule has 0 amide bonds. The van der Waals surface area contributed by atoms with Crippen LogP contribution in [0.1, 0.15) is 30.7 Å². The number of methoxy groups -OCH3 is 1. The summed E-state index contributed by atoms with van der Waals surface area (Å²) in [7, 11) is 1.42. The van der Waals surface area contributed by atoms with E-state index in [0.717, 1.165) is 5.56 Å². The number of benzene rings is 1. The molecule has 1 unspecified atom stereocenters. The number of carbonyl (C=O) groups excluding carboxylic acids is 1. The molecule has 0 saturated heterocycles. The Morgan fingerprint density at radius 2 is 2.06 bits per heavy atom. The van der Waals surface area contributed by atoms with Gasteiger partial charge < -0.3 is 9.84 Å². The summed E-state index contributed by atoms with van der Waals surface area (Å²) in [5.41, 5.74) is 1.12. The van der Waals surface area contributed by atoms with Gasteiger partial charge in [-0.25, -0.2) is 0 Å². The summed E-state index contributed by atoms with van der Waals surface area (Å²) in [5, 5.41) is 9.23. The monoisotopic (exact) mass is 220 g/mol. The molecule has 0 heterocycles. The van der Waals surface area contributed by atoms with Crippen molar-refractivity contribution in [1.82, 2.24) is 0 Å². The number of rotatable bonds is 4. The van der Waals surface area contributed by atoms with Crippen molar-refractivity contribution >= 4 is 5.97 Å².